The molecule has 2 N–H and O–H groups in total. The van der Waals surface area contributed by atoms with Gasteiger partial charge in [-0.1, -0.05) is 17.7 Å². The van der Waals surface area contributed by atoms with E-state index in [0.717, 1.165) is 14.5 Å². The molecule has 0 bridgehead atoms. The minimum atomic E-state index is 0.659. The standard InChI is InChI=1S/C11H10BrClN2S/c1-15(10-6-5-9(12)16-10)11-7(13)3-2-4-8(11)14/h2-6H,14H2,1H3. The molecule has 0 aliphatic heterocycles. The van der Waals surface area contributed by atoms with Crippen molar-refractivity contribution in [1.82, 2.24) is 0 Å². The zero-order chi connectivity index (χ0) is 11.7. The predicted molar refractivity (Wildman–Crippen MR) is 75.9 cm³/mol. The molecular formula is C11H10BrClN2S. The van der Waals surface area contributed by atoms with E-state index in [0.29, 0.717) is 10.7 Å². The number of rotatable bonds is 2. The fraction of sp³-hybridized carbons (Fsp3) is 0.0909. The number of nitrogens with zero attached hydrogens (tertiary/aromatic N) is 1. The van der Waals surface area contributed by atoms with Crippen LogP contribution in [0.1, 0.15) is 0 Å². The van der Waals surface area contributed by atoms with Gasteiger partial charge in [0.05, 0.1) is 25.2 Å². The average Bonchev–Trinajstić information content (AvgIpc) is 2.64. The van der Waals surface area contributed by atoms with E-state index in [1.165, 1.54) is 0 Å². The highest BCUT2D eigenvalue weighted by Gasteiger charge is 2.12. The predicted octanol–water partition coefficient (Wildman–Crippen LogP) is 4.51. The van der Waals surface area contributed by atoms with E-state index in [2.05, 4.69) is 15.9 Å². The van der Waals surface area contributed by atoms with Crippen LogP contribution in [0.3, 0.4) is 0 Å². The first-order chi connectivity index (χ1) is 7.59. The van der Waals surface area contributed by atoms with Crippen molar-refractivity contribution in [2.45, 2.75) is 0 Å². The Morgan fingerprint density at radius 2 is 2.06 bits per heavy atom. The lowest BCUT2D eigenvalue weighted by atomic mass is 10.2. The van der Waals surface area contributed by atoms with Crippen LogP contribution in [-0.2, 0) is 0 Å². The van der Waals surface area contributed by atoms with Crippen LogP contribution in [0.5, 0.6) is 0 Å². The number of nitrogens with two attached hydrogens (primary N) is 1. The van der Waals surface area contributed by atoms with Gasteiger partial charge in [0.1, 0.15) is 0 Å². The van der Waals surface area contributed by atoms with Gasteiger partial charge in [0.15, 0.2) is 0 Å². The van der Waals surface area contributed by atoms with E-state index >= 15 is 0 Å². The molecule has 0 spiro atoms. The van der Waals surface area contributed by atoms with E-state index < -0.39 is 0 Å². The van der Waals surface area contributed by atoms with Gasteiger partial charge in [-0.25, -0.2) is 0 Å². The van der Waals surface area contributed by atoms with E-state index in [-0.39, 0.29) is 0 Å². The normalized spacial score (nSPS) is 10.4. The van der Waals surface area contributed by atoms with Crippen LogP contribution in [0.2, 0.25) is 5.02 Å². The Kier molecular flexibility index (Phi) is 3.42. The molecule has 5 heteroatoms. The molecule has 16 heavy (non-hydrogen) atoms. The molecule has 0 saturated heterocycles. The van der Waals surface area contributed by atoms with Crippen molar-refractivity contribution >= 4 is 55.2 Å². The van der Waals surface area contributed by atoms with Gasteiger partial charge in [0.2, 0.25) is 0 Å². The quantitative estimate of drug-likeness (QED) is 0.826. The molecule has 0 radical (unpaired) electrons. The molecule has 2 nitrogen and oxygen atoms in total. The molecule has 0 unspecified atom stereocenters. The Hall–Kier alpha value is -0.710. The number of hydrogen-bond acceptors (Lipinski definition) is 3. The highest BCUT2D eigenvalue weighted by atomic mass is 79.9. The minimum Gasteiger partial charge on any atom is -0.397 e. The summed E-state index contributed by atoms with van der Waals surface area (Å²) >= 11 is 11.2. The molecule has 0 atom stereocenters. The van der Waals surface area contributed by atoms with Crippen molar-refractivity contribution in [1.29, 1.82) is 0 Å². The highest BCUT2D eigenvalue weighted by Crippen LogP contribution is 2.39. The van der Waals surface area contributed by atoms with Crippen molar-refractivity contribution < 1.29 is 0 Å². The molecule has 84 valence electrons. The summed E-state index contributed by atoms with van der Waals surface area (Å²) in [5.74, 6) is 0. The lowest BCUT2D eigenvalue weighted by Gasteiger charge is -2.20. The number of anilines is 3. The topological polar surface area (TPSA) is 29.3 Å². The maximum Gasteiger partial charge on any atom is 0.0963 e. The number of para-hydroxylation sites is 1. The van der Waals surface area contributed by atoms with Gasteiger partial charge in [0, 0.05) is 7.05 Å². The first kappa shape index (κ1) is 11.8. The minimum absolute atomic E-state index is 0.659. The second kappa shape index (κ2) is 4.65. The summed E-state index contributed by atoms with van der Waals surface area (Å²) in [5.41, 5.74) is 7.46. The van der Waals surface area contributed by atoms with Gasteiger partial charge in [-0.2, -0.15) is 0 Å². The summed E-state index contributed by atoms with van der Waals surface area (Å²) in [6.45, 7) is 0. The second-order valence-electron chi connectivity index (χ2n) is 3.31. The second-order valence-corrected chi connectivity index (χ2v) is 6.16. The molecule has 0 saturated carbocycles. The van der Waals surface area contributed by atoms with Crippen LogP contribution >= 0.6 is 38.9 Å². The maximum atomic E-state index is 6.15. The third-order valence-electron chi connectivity index (χ3n) is 2.24. The van der Waals surface area contributed by atoms with Gasteiger partial charge in [-0.15, -0.1) is 11.3 Å². The highest BCUT2D eigenvalue weighted by molar-refractivity contribution is 9.11. The van der Waals surface area contributed by atoms with E-state index in [1.807, 2.05) is 42.3 Å². The van der Waals surface area contributed by atoms with Crippen LogP contribution < -0.4 is 10.6 Å². The van der Waals surface area contributed by atoms with Crippen molar-refractivity contribution in [2.75, 3.05) is 17.7 Å². The van der Waals surface area contributed by atoms with Gasteiger partial charge in [-0.05, 0) is 40.2 Å². The zero-order valence-corrected chi connectivity index (χ0v) is 11.7. The largest absolute Gasteiger partial charge is 0.397 e. The molecule has 0 fully saturated rings. The molecule has 0 aliphatic carbocycles. The molecular weight excluding hydrogens is 308 g/mol. The van der Waals surface area contributed by atoms with Gasteiger partial charge >= 0.3 is 0 Å². The van der Waals surface area contributed by atoms with Crippen LogP contribution in [-0.4, -0.2) is 7.05 Å². The molecule has 0 amide bonds. The maximum absolute atomic E-state index is 6.15. The lowest BCUT2D eigenvalue weighted by Crippen LogP contribution is -2.10. The van der Waals surface area contributed by atoms with Crippen molar-refractivity contribution in [3.8, 4) is 0 Å². The third-order valence-corrected chi connectivity index (χ3v) is 4.25. The van der Waals surface area contributed by atoms with E-state index in [1.54, 1.807) is 11.3 Å². The summed E-state index contributed by atoms with van der Waals surface area (Å²) in [6, 6.07) is 9.56. The number of hydrogen-bond donors (Lipinski definition) is 1. The fourth-order valence-corrected chi connectivity index (χ4v) is 3.12. The Labute approximate surface area is 112 Å². The summed E-state index contributed by atoms with van der Waals surface area (Å²) in [6.07, 6.45) is 0. The Balaban J connectivity index is 2.45. The number of benzene rings is 1. The van der Waals surface area contributed by atoms with Gasteiger partial charge in [0.25, 0.3) is 0 Å². The Bertz CT molecular complexity index is 492. The fourth-order valence-electron chi connectivity index (χ4n) is 1.48. The van der Waals surface area contributed by atoms with E-state index in [9.17, 15) is 0 Å². The molecule has 0 aliphatic rings. The molecule has 1 aromatic heterocycles. The average molecular weight is 318 g/mol. The summed E-state index contributed by atoms with van der Waals surface area (Å²) < 4.78 is 1.08. The van der Waals surface area contributed by atoms with Crippen LogP contribution in [0, 0.1) is 0 Å². The summed E-state index contributed by atoms with van der Waals surface area (Å²) in [5, 5.41) is 1.75. The van der Waals surface area contributed by atoms with E-state index in [4.69, 9.17) is 17.3 Å². The smallest absolute Gasteiger partial charge is 0.0963 e. The van der Waals surface area contributed by atoms with Crippen LogP contribution in [0.25, 0.3) is 0 Å². The molecule has 1 aromatic carbocycles. The van der Waals surface area contributed by atoms with Crippen LogP contribution in [0.15, 0.2) is 34.1 Å². The van der Waals surface area contributed by atoms with Gasteiger partial charge in [-0.3, -0.25) is 0 Å². The summed E-state index contributed by atoms with van der Waals surface area (Å²) in [7, 11) is 1.95. The van der Waals surface area contributed by atoms with Crippen molar-refractivity contribution in [3.05, 3.63) is 39.1 Å². The third kappa shape index (κ3) is 2.19. The molecule has 2 rings (SSSR count). The Morgan fingerprint density at radius 1 is 1.31 bits per heavy atom. The lowest BCUT2D eigenvalue weighted by molar-refractivity contribution is 1.24. The first-order valence-electron chi connectivity index (χ1n) is 4.62. The summed E-state index contributed by atoms with van der Waals surface area (Å²) in [4.78, 5) is 1.99. The zero-order valence-electron chi connectivity index (χ0n) is 8.58. The molecule has 2 aromatic rings. The van der Waals surface area contributed by atoms with Crippen molar-refractivity contribution in [3.63, 3.8) is 0 Å². The first-order valence-corrected chi connectivity index (χ1v) is 6.61. The number of halogens is 2. The number of thiophene rings is 1. The monoisotopic (exact) mass is 316 g/mol. The number of nitrogen functional groups attached to an aromatic ring is 1. The van der Waals surface area contributed by atoms with Gasteiger partial charge < -0.3 is 10.6 Å². The van der Waals surface area contributed by atoms with Crippen LogP contribution in [0.4, 0.5) is 16.4 Å². The molecule has 1 heterocycles. The Morgan fingerprint density at radius 3 is 2.62 bits per heavy atom. The van der Waals surface area contributed by atoms with Crippen molar-refractivity contribution in [2.24, 2.45) is 0 Å². The SMILES string of the molecule is CN(c1ccc(Br)s1)c1c(N)cccc1Cl.